The number of thiazole rings is 1. The smallest absolute Gasteiger partial charge is 0.307 e. The molecule has 0 fully saturated rings. The van der Waals surface area contributed by atoms with E-state index in [1.165, 1.54) is 24.1 Å². The Morgan fingerprint density at radius 1 is 1.32 bits per heavy atom. The molecule has 0 bridgehead atoms. The van der Waals surface area contributed by atoms with Crippen LogP contribution in [-0.4, -0.2) is 27.4 Å². The van der Waals surface area contributed by atoms with Gasteiger partial charge in [0.15, 0.2) is 5.13 Å². The number of anilines is 1. The van der Waals surface area contributed by atoms with Gasteiger partial charge < -0.3 is 4.90 Å². The summed E-state index contributed by atoms with van der Waals surface area (Å²) in [4.78, 5) is 24.6. The molecule has 6 heteroatoms. The second kappa shape index (κ2) is 8.13. The highest BCUT2D eigenvalue weighted by molar-refractivity contribution is 7.15. The van der Waals surface area contributed by atoms with Crippen molar-refractivity contribution in [1.29, 1.82) is 0 Å². The van der Waals surface area contributed by atoms with Crippen molar-refractivity contribution in [3.8, 4) is 12.3 Å². The van der Waals surface area contributed by atoms with Crippen molar-refractivity contribution in [1.82, 2.24) is 14.9 Å². The largest absolute Gasteiger partial charge is 0.324 e. The van der Waals surface area contributed by atoms with Gasteiger partial charge in [-0.25, -0.2) is 9.78 Å². The third-order valence-electron chi connectivity index (χ3n) is 4.18. The number of urea groups is 1. The monoisotopic (exact) mass is 354 g/mol. The molecule has 2 aromatic rings. The Bertz CT molecular complexity index is 769. The summed E-state index contributed by atoms with van der Waals surface area (Å²) in [5.41, 5.74) is 2.88. The fourth-order valence-corrected chi connectivity index (χ4v) is 3.99. The average Bonchev–Trinajstić information content (AvgIpc) is 2.83. The summed E-state index contributed by atoms with van der Waals surface area (Å²) in [6.07, 6.45) is 11.1. The van der Waals surface area contributed by atoms with Crippen LogP contribution in [0.2, 0.25) is 0 Å². The molecule has 1 aliphatic carbocycles. The van der Waals surface area contributed by atoms with Gasteiger partial charge in [0.05, 0.1) is 24.5 Å². The standard InChI is InChI=1S/C19H22N4OS/c1-3-12-23(13-15-9-7-8-14(2)20-15)19(24)22-18-21-16-10-5-4-6-11-17(16)25-18/h1,7-9H,4-6,10-13H2,2H3,(H,21,22,24). The van der Waals surface area contributed by atoms with E-state index < -0.39 is 0 Å². The molecule has 5 nitrogen and oxygen atoms in total. The molecule has 1 N–H and O–H groups in total. The predicted octanol–water partition coefficient (Wildman–Crippen LogP) is 3.78. The molecule has 0 aromatic carbocycles. The van der Waals surface area contributed by atoms with Gasteiger partial charge in [0, 0.05) is 10.6 Å². The zero-order valence-corrected chi connectivity index (χ0v) is 15.2. The summed E-state index contributed by atoms with van der Waals surface area (Å²) in [5, 5.41) is 3.57. The number of hydrogen-bond acceptors (Lipinski definition) is 4. The van der Waals surface area contributed by atoms with E-state index in [1.807, 2.05) is 25.1 Å². The lowest BCUT2D eigenvalue weighted by atomic mass is 10.2. The molecule has 0 unspecified atom stereocenters. The minimum Gasteiger partial charge on any atom is -0.307 e. The molecule has 25 heavy (non-hydrogen) atoms. The molecule has 3 rings (SSSR count). The first-order valence-electron chi connectivity index (χ1n) is 8.56. The van der Waals surface area contributed by atoms with Gasteiger partial charge in [-0.2, -0.15) is 0 Å². The van der Waals surface area contributed by atoms with Crippen molar-refractivity contribution < 1.29 is 4.79 Å². The van der Waals surface area contributed by atoms with Crippen molar-refractivity contribution in [2.45, 2.75) is 45.6 Å². The van der Waals surface area contributed by atoms with Gasteiger partial charge in [-0.05, 0) is 44.7 Å². The van der Waals surface area contributed by atoms with E-state index in [2.05, 4.69) is 21.2 Å². The van der Waals surface area contributed by atoms with Crippen LogP contribution < -0.4 is 5.32 Å². The number of rotatable bonds is 4. The van der Waals surface area contributed by atoms with Crippen molar-refractivity contribution in [3.05, 3.63) is 40.2 Å². The second-order valence-corrected chi connectivity index (χ2v) is 7.29. The molecular weight excluding hydrogens is 332 g/mol. The molecule has 1 aliphatic rings. The SMILES string of the molecule is C#CCN(Cc1cccc(C)n1)C(=O)Nc1nc2c(s1)CCCCC2. The number of nitrogens with zero attached hydrogens (tertiary/aromatic N) is 3. The molecule has 0 atom stereocenters. The number of pyridine rings is 1. The zero-order chi connectivity index (χ0) is 17.6. The number of fused-ring (bicyclic) bond motifs is 1. The van der Waals surface area contributed by atoms with Gasteiger partial charge in [-0.15, -0.1) is 17.8 Å². The molecule has 2 heterocycles. The summed E-state index contributed by atoms with van der Waals surface area (Å²) in [5.74, 6) is 2.55. The summed E-state index contributed by atoms with van der Waals surface area (Å²) >= 11 is 1.58. The highest BCUT2D eigenvalue weighted by Crippen LogP contribution is 2.29. The average molecular weight is 354 g/mol. The minimum atomic E-state index is -0.231. The Morgan fingerprint density at radius 2 is 2.16 bits per heavy atom. The predicted molar refractivity (Wildman–Crippen MR) is 101 cm³/mol. The van der Waals surface area contributed by atoms with Crippen LogP contribution in [-0.2, 0) is 19.4 Å². The highest BCUT2D eigenvalue weighted by Gasteiger charge is 2.18. The lowest BCUT2D eigenvalue weighted by Crippen LogP contribution is -2.35. The fourth-order valence-electron chi connectivity index (χ4n) is 2.95. The molecule has 2 amide bonds. The third kappa shape index (κ3) is 4.58. The highest BCUT2D eigenvalue weighted by atomic mass is 32.1. The number of aryl methyl sites for hydroxylation is 3. The first-order chi connectivity index (χ1) is 12.2. The van der Waals surface area contributed by atoms with Crippen LogP contribution in [0.5, 0.6) is 0 Å². The summed E-state index contributed by atoms with van der Waals surface area (Å²) < 4.78 is 0. The Kier molecular flexibility index (Phi) is 5.67. The van der Waals surface area contributed by atoms with Crippen LogP contribution in [0.3, 0.4) is 0 Å². The van der Waals surface area contributed by atoms with Crippen LogP contribution in [0.15, 0.2) is 18.2 Å². The van der Waals surface area contributed by atoms with E-state index in [0.717, 1.165) is 29.9 Å². The number of amides is 2. The van der Waals surface area contributed by atoms with E-state index in [-0.39, 0.29) is 12.6 Å². The number of terminal acetylenes is 1. The Labute approximate surface area is 152 Å². The van der Waals surface area contributed by atoms with Crippen molar-refractivity contribution in [2.75, 3.05) is 11.9 Å². The number of aromatic nitrogens is 2. The molecule has 0 saturated carbocycles. The van der Waals surface area contributed by atoms with E-state index >= 15 is 0 Å². The Hall–Kier alpha value is -2.39. The van der Waals surface area contributed by atoms with Gasteiger partial charge in [-0.3, -0.25) is 10.3 Å². The van der Waals surface area contributed by atoms with Gasteiger partial charge in [0.25, 0.3) is 0 Å². The molecule has 0 radical (unpaired) electrons. The topological polar surface area (TPSA) is 58.1 Å². The summed E-state index contributed by atoms with van der Waals surface area (Å²) in [6, 6.07) is 5.53. The Balaban J connectivity index is 1.69. The maximum absolute atomic E-state index is 12.6. The fraction of sp³-hybridized carbons (Fsp3) is 0.421. The van der Waals surface area contributed by atoms with Crippen LogP contribution >= 0.6 is 11.3 Å². The van der Waals surface area contributed by atoms with E-state index in [9.17, 15) is 4.79 Å². The molecule has 0 spiro atoms. The first kappa shape index (κ1) is 17.4. The Morgan fingerprint density at radius 3 is 2.96 bits per heavy atom. The number of nitrogens with one attached hydrogen (secondary N) is 1. The minimum absolute atomic E-state index is 0.229. The van der Waals surface area contributed by atoms with Crippen molar-refractivity contribution >= 4 is 22.5 Å². The molecule has 2 aromatic heterocycles. The van der Waals surface area contributed by atoms with E-state index in [1.54, 1.807) is 16.2 Å². The van der Waals surface area contributed by atoms with Crippen LogP contribution in [0.1, 0.15) is 41.2 Å². The quantitative estimate of drug-likeness (QED) is 0.671. The summed E-state index contributed by atoms with van der Waals surface area (Å²) in [7, 11) is 0. The van der Waals surface area contributed by atoms with Crippen LogP contribution in [0.25, 0.3) is 0 Å². The lowest BCUT2D eigenvalue weighted by Gasteiger charge is -2.19. The maximum atomic E-state index is 12.6. The molecule has 130 valence electrons. The van der Waals surface area contributed by atoms with E-state index in [0.29, 0.717) is 11.7 Å². The van der Waals surface area contributed by atoms with Crippen molar-refractivity contribution in [3.63, 3.8) is 0 Å². The lowest BCUT2D eigenvalue weighted by molar-refractivity contribution is 0.215. The van der Waals surface area contributed by atoms with Gasteiger partial charge in [0.1, 0.15) is 0 Å². The van der Waals surface area contributed by atoms with Crippen LogP contribution in [0, 0.1) is 19.3 Å². The van der Waals surface area contributed by atoms with Gasteiger partial charge in [0.2, 0.25) is 0 Å². The molecule has 0 saturated heterocycles. The maximum Gasteiger partial charge on any atom is 0.324 e. The van der Waals surface area contributed by atoms with Gasteiger partial charge >= 0.3 is 6.03 Å². The number of hydrogen-bond donors (Lipinski definition) is 1. The number of carbonyl (C=O) groups excluding carboxylic acids is 1. The second-order valence-electron chi connectivity index (χ2n) is 6.21. The molecular formula is C19H22N4OS. The first-order valence-corrected chi connectivity index (χ1v) is 9.38. The number of carbonyl (C=O) groups is 1. The van der Waals surface area contributed by atoms with Crippen molar-refractivity contribution in [2.24, 2.45) is 0 Å². The van der Waals surface area contributed by atoms with Gasteiger partial charge in [-0.1, -0.05) is 18.4 Å². The zero-order valence-electron chi connectivity index (χ0n) is 14.4. The van der Waals surface area contributed by atoms with E-state index in [4.69, 9.17) is 6.42 Å². The third-order valence-corrected chi connectivity index (χ3v) is 5.25. The van der Waals surface area contributed by atoms with Crippen LogP contribution in [0.4, 0.5) is 9.93 Å². The summed E-state index contributed by atoms with van der Waals surface area (Å²) in [6.45, 7) is 2.53. The molecule has 0 aliphatic heterocycles. The normalized spacial score (nSPS) is 13.4.